The van der Waals surface area contributed by atoms with E-state index in [2.05, 4.69) is 15.6 Å². The van der Waals surface area contributed by atoms with Crippen LogP contribution in [0.5, 0.6) is 0 Å². The molecular formula is C17H21N5O2. The van der Waals surface area contributed by atoms with Crippen LogP contribution in [-0.2, 0) is 4.79 Å². The van der Waals surface area contributed by atoms with Gasteiger partial charge < -0.3 is 19.9 Å². The zero-order valence-electron chi connectivity index (χ0n) is 13.7. The summed E-state index contributed by atoms with van der Waals surface area (Å²) in [5.41, 5.74) is 2.14. The molecule has 7 nitrogen and oxygen atoms in total. The van der Waals surface area contributed by atoms with Crippen LogP contribution in [0, 0.1) is 6.92 Å². The lowest BCUT2D eigenvalue weighted by molar-refractivity contribution is -0.126. The van der Waals surface area contributed by atoms with Crippen LogP contribution in [-0.4, -0.2) is 57.8 Å². The number of pyridine rings is 1. The van der Waals surface area contributed by atoms with E-state index in [0.29, 0.717) is 25.3 Å². The van der Waals surface area contributed by atoms with Gasteiger partial charge in [-0.15, -0.1) is 0 Å². The molecule has 2 amide bonds. The number of fused-ring (bicyclic) bond motifs is 1. The predicted molar refractivity (Wildman–Crippen MR) is 88.8 cm³/mol. The van der Waals surface area contributed by atoms with Crippen LogP contribution in [0.1, 0.15) is 29.0 Å². The van der Waals surface area contributed by atoms with Gasteiger partial charge in [0.25, 0.3) is 5.91 Å². The summed E-state index contributed by atoms with van der Waals surface area (Å²) in [5, 5.41) is 6.20. The number of rotatable bonds is 3. The smallest absolute Gasteiger partial charge is 0.274 e. The van der Waals surface area contributed by atoms with Crippen LogP contribution in [0.4, 0.5) is 0 Å². The van der Waals surface area contributed by atoms with Crippen LogP contribution in [0.15, 0.2) is 24.4 Å². The van der Waals surface area contributed by atoms with Gasteiger partial charge in [-0.3, -0.25) is 9.59 Å². The van der Waals surface area contributed by atoms with E-state index in [1.165, 1.54) is 0 Å². The second kappa shape index (κ2) is 5.90. The Morgan fingerprint density at radius 1 is 1.33 bits per heavy atom. The molecule has 2 aliphatic rings. The number of aryl methyl sites for hydroxylation is 1. The summed E-state index contributed by atoms with van der Waals surface area (Å²) in [7, 11) is 0. The van der Waals surface area contributed by atoms with Crippen LogP contribution in [0.2, 0.25) is 0 Å². The second-order valence-electron chi connectivity index (χ2n) is 6.52. The summed E-state index contributed by atoms with van der Waals surface area (Å²) < 4.78 is 1.90. The first-order chi connectivity index (χ1) is 11.6. The Kier molecular flexibility index (Phi) is 3.72. The van der Waals surface area contributed by atoms with Crippen molar-refractivity contribution in [3.05, 3.63) is 35.8 Å². The number of nitrogens with zero attached hydrogens (tertiary/aromatic N) is 3. The van der Waals surface area contributed by atoms with Gasteiger partial charge in [0.2, 0.25) is 5.91 Å². The number of piperazine rings is 1. The van der Waals surface area contributed by atoms with E-state index >= 15 is 0 Å². The van der Waals surface area contributed by atoms with Crippen LogP contribution in [0.25, 0.3) is 5.65 Å². The molecule has 3 heterocycles. The summed E-state index contributed by atoms with van der Waals surface area (Å²) in [6.45, 7) is 3.65. The van der Waals surface area contributed by atoms with Crippen molar-refractivity contribution < 1.29 is 9.59 Å². The predicted octanol–water partition coefficient (Wildman–Crippen LogP) is 0.335. The highest BCUT2D eigenvalue weighted by Crippen LogP contribution is 2.20. The van der Waals surface area contributed by atoms with Gasteiger partial charge in [-0.2, -0.15) is 0 Å². The van der Waals surface area contributed by atoms with E-state index in [9.17, 15) is 9.59 Å². The maximum Gasteiger partial charge on any atom is 0.274 e. The van der Waals surface area contributed by atoms with Gasteiger partial charge in [-0.25, -0.2) is 4.98 Å². The number of nitrogens with one attached hydrogen (secondary N) is 2. The Bertz CT molecular complexity index is 795. The van der Waals surface area contributed by atoms with E-state index in [4.69, 9.17) is 0 Å². The van der Waals surface area contributed by atoms with Crippen molar-refractivity contribution in [2.75, 3.05) is 19.6 Å². The molecule has 4 rings (SSSR count). The van der Waals surface area contributed by atoms with E-state index in [0.717, 1.165) is 24.2 Å². The van der Waals surface area contributed by atoms with Crippen LogP contribution >= 0.6 is 0 Å². The second-order valence-corrected chi connectivity index (χ2v) is 6.52. The molecule has 2 aromatic rings. The fourth-order valence-corrected chi connectivity index (χ4v) is 3.11. The molecule has 0 bridgehead atoms. The van der Waals surface area contributed by atoms with Crippen molar-refractivity contribution in [2.24, 2.45) is 0 Å². The highest BCUT2D eigenvalue weighted by atomic mass is 16.2. The normalized spacial score (nSPS) is 21.0. The average molecular weight is 327 g/mol. The molecule has 1 saturated heterocycles. The fraction of sp³-hybridized carbons (Fsp3) is 0.471. The monoisotopic (exact) mass is 327 g/mol. The zero-order valence-corrected chi connectivity index (χ0v) is 13.7. The Hall–Kier alpha value is -2.41. The number of carbonyl (C=O) groups is 2. The number of hydrogen-bond acceptors (Lipinski definition) is 4. The minimum Gasteiger partial charge on any atom is -0.352 e. The highest BCUT2D eigenvalue weighted by molar-refractivity contribution is 5.97. The molecule has 0 radical (unpaired) electrons. The first kappa shape index (κ1) is 15.1. The molecule has 2 fully saturated rings. The molecule has 7 heteroatoms. The Labute approximate surface area is 140 Å². The van der Waals surface area contributed by atoms with Gasteiger partial charge in [0.1, 0.15) is 17.4 Å². The van der Waals surface area contributed by atoms with Crippen molar-refractivity contribution in [1.82, 2.24) is 24.9 Å². The van der Waals surface area contributed by atoms with Crippen molar-refractivity contribution in [3.63, 3.8) is 0 Å². The van der Waals surface area contributed by atoms with E-state index < -0.39 is 6.04 Å². The molecule has 2 aromatic heterocycles. The standard InChI is InChI=1S/C17H21N5O2/c1-11-3-2-4-15-20-13(10-22(11)15)17(24)21-8-7-18-9-14(21)16(23)19-12-5-6-12/h2-4,10,12,14,18H,5-9H2,1H3,(H,19,23)/t14-/m1/s1. The first-order valence-corrected chi connectivity index (χ1v) is 8.40. The van der Waals surface area contributed by atoms with Gasteiger partial charge in [0.05, 0.1) is 0 Å². The van der Waals surface area contributed by atoms with E-state index in [-0.39, 0.29) is 17.9 Å². The van der Waals surface area contributed by atoms with Gasteiger partial charge in [-0.05, 0) is 31.9 Å². The molecule has 0 aromatic carbocycles. The topological polar surface area (TPSA) is 78.7 Å². The quantitative estimate of drug-likeness (QED) is 0.852. The van der Waals surface area contributed by atoms with Gasteiger partial charge in [0, 0.05) is 37.6 Å². The van der Waals surface area contributed by atoms with Crippen molar-refractivity contribution in [3.8, 4) is 0 Å². The molecule has 1 aliphatic carbocycles. The summed E-state index contributed by atoms with van der Waals surface area (Å²) in [5.74, 6) is -0.256. The lowest BCUT2D eigenvalue weighted by Crippen LogP contribution is -2.59. The molecule has 1 saturated carbocycles. The van der Waals surface area contributed by atoms with E-state index in [1.54, 1.807) is 11.1 Å². The molecule has 24 heavy (non-hydrogen) atoms. The van der Waals surface area contributed by atoms with Crippen molar-refractivity contribution >= 4 is 17.5 Å². The van der Waals surface area contributed by atoms with E-state index in [1.807, 2.05) is 29.5 Å². The molecule has 1 atom stereocenters. The maximum absolute atomic E-state index is 12.9. The third-order valence-electron chi connectivity index (χ3n) is 4.65. The summed E-state index contributed by atoms with van der Waals surface area (Å²) >= 11 is 0. The summed E-state index contributed by atoms with van der Waals surface area (Å²) in [4.78, 5) is 31.5. The number of carbonyl (C=O) groups excluding carboxylic acids is 2. The van der Waals surface area contributed by atoms with Gasteiger partial charge >= 0.3 is 0 Å². The minimum absolute atomic E-state index is 0.0713. The number of imidazole rings is 1. The SMILES string of the molecule is Cc1cccc2nc(C(=O)N3CCNC[C@@H]3C(=O)NC3CC3)cn12. The Morgan fingerprint density at radius 3 is 2.92 bits per heavy atom. The maximum atomic E-state index is 12.9. The summed E-state index contributed by atoms with van der Waals surface area (Å²) in [6, 6.07) is 5.58. The molecule has 1 aliphatic heterocycles. The fourth-order valence-electron chi connectivity index (χ4n) is 3.11. The van der Waals surface area contributed by atoms with Gasteiger partial charge in [-0.1, -0.05) is 6.07 Å². The third kappa shape index (κ3) is 2.75. The third-order valence-corrected chi connectivity index (χ3v) is 4.65. The summed E-state index contributed by atoms with van der Waals surface area (Å²) in [6.07, 6.45) is 3.82. The molecule has 2 N–H and O–H groups in total. The average Bonchev–Trinajstić information content (AvgIpc) is 3.29. The van der Waals surface area contributed by atoms with Gasteiger partial charge in [0.15, 0.2) is 0 Å². The lowest BCUT2D eigenvalue weighted by Gasteiger charge is -2.34. The molecule has 0 spiro atoms. The highest BCUT2D eigenvalue weighted by Gasteiger charge is 2.36. The van der Waals surface area contributed by atoms with Crippen molar-refractivity contribution in [2.45, 2.75) is 31.8 Å². The lowest BCUT2D eigenvalue weighted by atomic mass is 10.1. The largest absolute Gasteiger partial charge is 0.352 e. The van der Waals surface area contributed by atoms with Crippen LogP contribution < -0.4 is 10.6 Å². The number of aromatic nitrogens is 2. The first-order valence-electron chi connectivity index (χ1n) is 8.40. The molecular weight excluding hydrogens is 306 g/mol. The Morgan fingerprint density at radius 2 is 2.17 bits per heavy atom. The number of amides is 2. The number of hydrogen-bond donors (Lipinski definition) is 2. The zero-order chi connectivity index (χ0) is 16.7. The van der Waals surface area contributed by atoms with Crippen LogP contribution in [0.3, 0.4) is 0 Å². The Balaban J connectivity index is 1.59. The molecule has 126 valence electrons. The molecule has 0 unspecified atom stereocenters. The minimum atomic E-state index is -0.474. The van der Waals surface area contributed by atoms with Crippen molar-refractivity contribution in [1.29, 1.82) is 0 Å².